The Morgan fingerprint density at radius 2 is 1.50 bits per heavy atom. The molecule has 3 aromatic rings. The lowest BCUT2D eigenvalue weighted by Crippen LogP contribution is -2.19. The van der Waals surface area contributed by atoms with E-state index in [9.17, 15) is 5.11 Å². The zero-order valence-corrected chi connectivity index (χ0v) is 18.8. The van der Waals surface area contributed by atoms with E-state index < -0.39 is 0 Å². The van der Waals surface area contributed by atoms with E-state index in [0.29, 0.717) is 6.61 Å². The number of aromatic hydroxyl groups is 1. The molecule has 0 spiro atoms. The minimum Gasteiger partial charge on any atom is -0.508 e. The summed E-state index contributed by atoms with van der Waals surface area (Å²) >= 11 is 0. The Labute approximate surface area is 189 Å². The van der Waals surface area contributed by atoms with Crippen molar-refractivity contribution < 1.29 is 19.3 Å². The van der Waals surface area contributed by atoms with Crippen LogP contribution in [0, 0.1) is 0 Å². The van der Waals surface area contributed by atoms with E-state index in [1.807, 2.05) is 50.5 Å². The standard InChI is InChI=1S/C27H29NO4/c1-4-24(21-9-14-25-26(17-21)32-18-31-25)27(19-5-10-22(29)11-6-19)20-7-12-23(13-8-20)30-16-15-28(2)3/h5-14,17,29H,4,15-16,18H2,1-3H3. The summed E-state index contributed by atoms with van der Waals surface area (Å²) < 4.78 is 17.0. The van der Waals surface area contributed by atoms with Crippen molar-refractivity contribution >= 4 is 11.1 Å². The number of likely N-dealkylation sites (N-methyl/N-ethyl adjacent to an activating group) is 1. The Balaban J connectivity index is 1.75. The van der Waals surface area contributed by atoms with Gasteiger partial charge < -0.3 is 24.2 Å². The molecule has 0 bridgehead atoms. The Bertz CT molecular complexity index is 1090. The summed E-state index contributed by atoms with van der Waals surface area (Å²) in [5.74, 6) is 2.64. The van der Waals surface area contributed by atoms with Gasteiger partial charge in [0.25, 0.3) is 0 Å². The number of fused-ring (bicyclic) bond motifs is 1. The molecular weight excluding hydrogens is 402 g/mol. The summed E-state index contributed by atoms with van der Waals surface area (Å²) in [7, 11) is 4.06. The van der Waals surface area contributed by atoms with E-state index in [4.69, 9.17) is 14.2 Å². The van der Waals surface area contributed by atoms with Crippen LogP contribution in [-0.2, 0) is 0 Å². The van der Waals surface area contributed by atoms with Gasteiger partial charge in [-0.1, -0.05) is 37.3 Å². The lowest BCUT2D eigenvalue weighted by atomic mass is 9.88. The molecule has 0 unspecified atom stereocenters. The first kappa shape index (κ1) is 21.8. The predicted molar refractivity (Wildman–Crippen MR) is 127 cm³/mol. The topological polar surface area (TPSA) is 51.2 Å². The molecule has 0 saturated heterocycles. The largest absolute Gasteiger partial charge is 0.508 e. The monoisotopic (exact) mass is 431 g/mol. The molecule has 0 fully saturated rings. The van der Waals surface area contributed by atoms with Crippen LogP contribution in [0.3, 0.4) is 0 Å². The quantitative estimate of drug-likeness (QED) is 0.482. The van der Waals surface area contributed by atoms with Crippen molar-refractivity contribution in [1.29, 1.82) is 0 Å². The highest BCUT2D eigenvalue weighted by molar-refractivity contribution is 5.99. The van der Waals surface area contributed by atoms with Crippen LogP contribution in [0.15, 0.2) is 66.7 Å². The first-order valence-electron chi connectivity index (χ1n) is 10.9. The van der Waals surface area contributed by atoms with Crippen LogP contribution in [0.2, 0.25) is 0 Å². The molecule has 1 aliphatic rings. The fourth-order valence-corrected chi connectivity index (χ4v) is 3.82. The van der Waals surface area contributed by atoms with Gasteiger partial charge in [0.1, 0.15) is 18.1 Å². The second-order valence-electron chi connectivity index (χ2n) is 8.00. The van der Waals surface area contributed by atoms with Gasteiger partial charge in [-0.15, -0.1) is 0 Å². The van der Waals surface area contributed by atoms with Gasteiger partial charge in [0.05, 0.1) is 0 Å². The number of phenolic OH excluding ortho intramolecular Hbond substituents is 1. The van der Waals surface area contributed by atoms with Gasteiger partial charge in [-0.3, -0.25) is 0 Å². The van der Waals surface area contributed by atoms with Gasteiger partial charge >= 0.3 is 0 Å². The number of hydrogen-bond acceptors (Lipinski definition) is 5. The highest BCUT2D eigenvalue weighted by Gasteiger charge is 2.18. The maximum absolute atomic E-state index is 9.82. The summed E-state index contributed by atoms with van der Waals surface area (Å²) in [6.07, 6.45) is 0.830. The Kier molecular flexibility index (Phi) is 6.66. The zero-order chi connectivity index (χ0) is 22.5. The van der Waals surface area contributed by atoms with Crippen LogP contribution in [-0.4, -0.2) is 44.0 Å². The van der Waals surface area contributed by atoms with Crippen LogP contribution in [0.1, 0.15) is 30.0 Å². The Morgan fingerprint density at radius 1 is 0.875 bits per heavy atom. The second-order valence-corrected chi connectivity index (χ2v) is 8.00. The highest BCUT2D eigenvalue weighted by atomic mass is 16.7. The van der Waals surface area contributed by atoms with Crippen LogP contribution >= 0.6 is 0 Å². The fraction of sp³-hybridized carbons (Fsp3) is 0.259. The molecule has 1 aliphatic heterocycles. The SMILES string of the molecule is CCC(=C(c1ccc(O)cc1)c1ccc(OCCN(C)C)cc1)c1ccc2c(c1)OCO2. The Morgan fingerprint density at radius 3 is 2.16 bits per heavy atom. The molecule has 5 heteroatoms. The molecule has 1 heterocycles. The molecule has 3 aromatic carbocycles. The van der Waals surface area contributed by atoms with Crippen LogP contribution in [0.4, 0.5) is 0 Å². The molecule has 0 aromatic heterocycles. The van der Waals surface area contributed by atoms with Crippen molar-refractivity contribution in [1.82, 2.24) is 4.90 Å². The lowest BCUT2D eigenvalue weighted by molar-refractivity contribution is 0.174. The molecule has 4 rings (SSSR count). The van der Waals surface area contributed by atoms with E-state index in [2.05, 4.69) is 30.0 Å². The second kappa shape index (κ2) is 9.79. The van der Waals surface area contributed by atoms with Crippen molar-refractivity contribution in [2.45, 2.75) is 13.3 Å². The molecule has 0 atom stereocenters. The average Bonchev–Trinajstić information content (AvgIpc) is 3.26. The molecule has 1 N–H and O–H groups in total. The summed E-state index contributed by atoms with van der Waals surface area (Å²) in [6, 6.07) is 21.6. The maximum atomic E-state index is 9.82. The van der Waals surface area contributed by atoms with Crippen molar-refractivity contribution in [2.24, 2.45) is 0 Å². The van der Waals surface area contributed by atoms with E-state index in [0.717, 1.165) is 52.5 Å². The number of benzene rings is 3. The van der Waals surface area contributed by atoms with E-state index in [-0.39, 0.29) is 12.5 Å². The summed E-state index contributed by atoms with van der Waals surface area (Å²) in [5.41, 5.74) is 5.52. The number of phenols is 1. The molecule has 166 valence electrons. The molecule has 0 aliphatic carbocycles. The van der Waals surface area contributed by atoms with Gasteiger partial charge in [-0.2, -0.15) is 0 Å². The number of rotatable bonds is 8. The van der Waals surface area contributed by atoms with Gasteiger partial charge in [-0.25, -0.2) is 0 Å². The molecule has 0 amide bonds. The predicted octanol–water partition coefficient (Wildman–Crippen LogP) is 5.43. The number of hydrogen-bond donors (Lipinski definition) is 1. The third-order valence-electron chi connectivity index (χ3n) is 5.48. The summed E-state index contributed by atoms with van der Waals surface area (Å²) in [4.78, 5) is 2.10. The van der Waals surface area contributed by atoms with Crippen molar-refractivity contribution in [2.75, 3.05) is 34.0 Å². The first-order chi connectivity index (χ1) is 15.5. The molecule has 0 radical (unpaired) electrons. The van der Waals surface area contributed by atoms with Gasteiger partial charge in [0.2, 0.25) is 6.79 Å². The summed E-state index contributed by atoms with van der Waals surface area (Å²) in [5, 5.41) is 9.82. The lowest BCUT2D eigenvalue weighted by Gasteiger charge is -2.17. The van der Waals surface area contributed by atoms with Crippen LogP contribution < -0.4 is 14.2 Å². The van der Waals surface area contributed by atoms with Gasteiger partial charge in [0, 0.05) is 6.54 Å². The van der Waals surface area contributed by atoms with E-state index >= 15 is 0 Å². The van der Waals surface area contributed by atoms with Crippen molar-refractivity contribution in [3.05, 3.63) is 83.4 Å². The van der Waals surface area contributed by atoms with Crippen LogP contribution in [0.25, 0.3) is 11.1 Å². The molecule has 32 heavy (non-hydrogen) atoms. The number of allylic oxidation sites excluding steroid dienone is 1. The Hall–Kier alpha value is -3.44. The fourth-order valence-electron chi connectivity index (χ4n) is 3.82. The van der Waals surface area contributed by atoms with Crippen molar-refractivity contribution in [3.63, 3.8) is 0 Å². The van der Waals surface area contributed by atoms with Crippen molar-refractivity contribution in [3.8, 4) is 23.0 Å². The molecular formula is C27H29NO4. The highest BCUT2D eigenvalue weighted by Crippen LogP contribution is 2.40. The molecule has 5 nitrogen and oxygen atoms in total. The average molecular weight is 432 g/mol. The first-order valence-corrected chi connectivity index (χ1v) is 10.9. The molecule has 0 saturated carbocycles. The van der Waals surface area contributed by atoms with E-state index in [1.54, 1.807) is 12.1 Å². The number of ether oxygens (including phenoxy) is 3. The maximum Gasteiger partial charge on any atom is 0.231 e. The minimum absolute atomic E-state index is 0.249. The minimum atomic E-state index is 0.249. The third-order valence-corrected chi connectivity index (χ3v) is 5.48. The third kappa shape index (κ3) is 4.89. The summed E-state index contributed by atoms with van der Waals surface area (Å²) in [6.45, 7) is 3.91. The van der Waals surface area contributed by atoms with Gasteiger partial charge in [-0.05, 0) is 84.8 Å². The normalized spacial score (nSPS) is 13.2. The zero-order valence-electron chi connectivity index (χ0n) is 18.8. The smallest absolute Gasteiger partial charge is 0.231 e. The van der Waals surface area contributed by atoms with Crippen LogP contribution in [0.5, 0.6) is 23.0 Å². The van der Waals surface area contributed by atoms with Gasteiger partial charge in [0.15, 0.2) is 11.5 Å². The number of nitrogens with zero attached hydrogens (tertiary/aromatic N) is 1. The van der Waals surface area contributed by atoms with E-state index in [1.165, 1.54) is 5.57 Å².